The Morgan fingerprint density at radius 3 is 2.41 bits per heavy atom. The number of hydrogen-bond donors (Lipinski definition) is 1. The van der Waals surface area contributed by atoms with Crippen LogP contribution in [-0.4, -0.2) is 55.5 Å². The number of halogens is 1. The zero-order valence-corrected chi connectivity index (χ0v) is 16.6. The van der Waals surface area contributed by atoms with Gasteiger partial charge in [0.2, 0.25) is 5.91 Å². The summed E-state index contributed by atoms with van der Waals surface area (Å²) < 4.78 is 5.33. The Morgan fingerprint density at radius 2 is 1.74 bits per heavy atom. The van der Waals surface area contributed by atoms with E-state index in [0.717, 1.165) is 49.0 Å². The molecule has 2 aromatic rings. The fourth-order valence-corrected chi connectivity index (χ4v) is 3.39. The Hall–Kier alpha value is -2.08. The molecule has 1 heterocycles. The molecule has 0 saturated carbocycles. The van der Waals surface area contributed by atoms with Crippen LogP contribution >= 0.6 is 11.6 Å². The summed E-state index contributed by atoms with van der Waals surface area (Å²) in [5.41, 5.74) is 3.07. The van der Waals surface area contributed by atoms with Crippen LogP contribution in [0, 0.1) is 6.92 Å². The maximum atomic E-state index is 12.4. The van der Waals surface area contributed by atoms with Crippen molar-refractivity contribution < 1.29 is 9.53 Å². The van der Waals surface area contributed by atoms with Crippen molar-refractivity contribution in [2.75, 3.05) is 45.2 Å². The Balaban J connectivity index is 1.47. The Bertz CT molecular complexity index is 771. The van der Waals surface area contributed by atoms with Gasteiger partial charge in [-0.25, -0.2) is 0 Å². The molecule has 1 amide bonds. The van der Waals surface area contributed by atoms with Crippen LogP contribution in [0.5, 0.6) is 5.75 Å². The zero-order valence-electron chi connectivity index (χ0n) is 15.9. The van der Waals surface area contributed by atoms with Gasteiger partial charge in [-0.15, -0.1) is 0 Å². The lowest BCUT2D eigenvalue weighted by Crippen LogP contribution is -2.48. The molecule has 0 spiro atoms. The predicted molar refractivity (Wildman–Crippen MR) is 110 cm³/mol. The van der Waals surface area contributed by atoms with Crippen LogP contribution in [0.25, 0.3) is 0 Å². The number of rotatable bonds is 6. The summed E-state index contributed by atoms with van der Waals surface area (Å²) in [6.45, 7) is 6.96. The summed E-state index contributed by atoms with van der Waals surface area (Å²) in [6, 6.07) is 13.8. The van der Waals surface area contributed by atoms with Crippen LogP contribution in [-0.2, 0) is 11.3 Å². The maximum Gasteiger partial charge on any atom is 0.238 e. The van der Waals surface area contributed by atoms with Gasteiger partial charge in [0.1, 0.15) is 5.75 Å². The summed E-state index contributed by atoms with van der Waals surface area (Å²) in [7, 11) is 1.61. The highest BCUT2D eigenvalue weighted by Gasteiger charge is 2.19. The van der Waals surface area contributed by atoms with E-state index in [1.807, 2.05) is 37.3 Å². The third kappa shape index (κ3) is 5.70. The van der Waals surface area contributed by atoms with Gasteiger partial charge in [0, 0.05) is 37.7 Å². The molecular weight excluding hydrogens is 362 g/mol. The standard InChI is InChI=1S/C21H26ClN3O2/c1-16-3-8-20(27-2)19(13-16)23-21(26)15-25-11-9-24(10-12-25)14-17-4-6-18(22)7-5-17/h3-8,13H,9-12,14-15H2,1-2H3,(H,23,26). The first-order chi connectivity index (χ1) is 13.0. The van der Waals surface area contributed by atoms with Gasteiger partial charge < -0.3 is 10.1 Å². The minimum absolute atomic E-state index is 0.00921. The van der Waals surface area contributed by atoms with E-state index in [9.17, 15) is 4.79 Å². The average Bonchev–Trinajstić information content (AvgIpc) is 2.65. The van der Waals surface area contributed by atoms with Crippen LogP contribution in [0.2, 0.25) is 5.02 Å². The second-order valence-electron chi connectivity index (χ2n) is 6.93. The molecule has 1 aliphatic heterocycles. The minimum atomic E-state index is -0.00921. The number of benzene rings is 2. The number of hydrogen-bond acceptors (Lipinski definition) is 4. The van der Waals surface area contributed by atoms with E-state index in [1.165, 1.54) is 5.56 Å². The van der Waals surface area contributed by atoms with E-state index in [4.69, 9.17) is 16.3 Å². The molecule has 1 aliphatic rings. The predicted octanol–water partition coefficient (Wildman–Crippen LogP) is 3.41. The van der Waals surface area contributed by atoms with Crippen molar-refractivity contribution in [3.05, 3.63) is 58.6 Å². The quantitative estimate of drug-likeness (QED) is 0.825. The lowest BCUT2D eigenvalue weighted by molar-refractivity contribution is -0.117. The number of amides is 1. The van der Waals surface area contributed by atoms with Crippen molar-refractivity contribution in [1.29, 1.82) is 0 Å². The Kier molecular flexibility index (Phi) is 6.72. The second-order valence-corrected chi connectivity index (χ2v) is 7.37. The van der Waals surface area contributed by atoms with Crippen molar-refractivity contribution in [2.45, 2.75) is 13.5 Å². The molecule has 0 radical (unpaired) electrons. The number of aryl methyl sites for hydroxylation is 1. The largest absolute Gasteiger partial charge is 0.495 e. The molecule has 5 nitrogen and oxygen atoms in total. The highest BCUT2D eigenvalue weighted by molar-refractivity contribution is 6.30. The minimum Gasteiger partial charge on any atom is -0.495 e. The number of carbonyl (C=O) groups excluding carboxylic acids is 1. The van der Waals surface area contributed by atoms with E-state index < -0.39 is 0 Å². The molecule has 0 aromatic heterocycles. The van der Waals surface area contributed by atoms with Crippen molar-refractivity contribution in [1.82, 2.24) is 9.80 Å². The zero-order chi connectivity index (χ0) is 19.2. The first-order valence-corrected chi connectivity index (χ1v) is 9.55. The SMILES string of the molecule is COc1ccc(C)cc1NC(=O)CN1CCN(Cc2ccc(Cl)cc2)CC1. The molecule has 1 fully saturated rings. The van der Waals surface area contributed by atoms with Gasteiger partial charge in [-0.05, 0) is 42.3 Å². The maximum absolute atomic E-state index is 12.4. The fourth-order valence-electron chi connectivity index (χ4n) is 3.27. The monoisotopic (exact) mass is 387 g/mol. The number of nitrogens with one attached hydrogen (secondary N) is 1. The smallest absolute Gasteiger partial charge is 0.238 e. The summed E-state index contributed by atoms with van der Waals surface area (Å²) in [6.07, 6.45) is 0. The second kappa shape index (κ2) is 9.22. The van der Waals surface area contributed by atoms with E-state index in [-0.39, 0.29) is 5.91 Å². The van der Waals surface area contributed by atoms with Crippen molar-refractivity contribution in [3.63, 3.8) is 0 Å². The first-order valence-electron chi connectivity index (χ1n) is 9.17. The number of nitrogens with zero attached hydrogens (tertiary/aromatic N) is 2. The molecule has 0 unspecified atom stereocenters. The van der Waals surface area contributed by atoms with Gasteiger partial charge in [0.25, 0.3) is 0 Å². The van der Waals surface area contributed by atoms with Gasteiger partial charge in [-0.3, -0.25) is 14.6 Å². The number of ether oxygens (including phenoxy) is 1. The van der Waals surface area contributed by atoms with Gasteiger partial charge >= 0.3 is 0 Å². The Morgan fingerprint density at radius 1 is 1.07 bits per heavy atom. The molecule has 27 heavy (non-hydrogen) atoms. The third-order valence-electron chi connectivity index (χ3n) is 4.78. The highest BCUT2D eigenvalue weighted by Crippen LogP contribution is 2.25. The van der Waals surface area contributed by atoms with E-state index >= 15 is 0 Å². The number of anilines is 1. The molecule has 1 saturated heterocycles. The summed E-state index contributed by atoms with van der Waals surface area (Å²) in [4.78, 5) is 17.0. The molecule has 144 valence electrons. The van der Waals surface area contributed by atoms with Crippen LogP contribution in [0.1, 0.15) is 11.1 Å². The highest BCUT2D eigenvalue weighted by atomic mass is 35.5. The molecule has 2 aromatic carbocycles. The lowest BCUT2D eigenvalue weighted by Gasteiger charge is -2.34. The van der Waals surface area contributed by atoms with Crippen molar-refractivity contribution >= 4 is 23.2 Å². The van der Waals surface area contributed by atoms with Crippen LogP contribution in [0.3, 0.4) is 0 Å². The number of methoxy groups -OCH3 is 1. The number of piperazine rings is 1. The van der Waals surface area contributed by atoms with Crippen molar-refractivity contribution in [2.24, 2.45) is 0 Å². The van der Waals surface area contributed by atoms with E-state index in [0.29, 0.717) is 12.3 Å². The van der Waals surface area contributed by atoms with E-state index in [1.54, 1.807) is 7.11 Å². The number of carbonyl (C=O) groups is 1. The van der Waals surface area contributed by atoms with Gasteiger partial charge in [-0.1, -0.05) is 29.8 Å². The molecule has 0 atom stereocenters. The third-order valence-corrected chi connectivity index (χ3v) is 5.03. The molecule has 3 rings (SSSR count). The molecular formula is C21H26ClN3O2. The van der Waals surface area contributed by atoms with Gasteiger partial charge in [0.15, 0.2) is 0 Å². The van der Waals surface area contributed by atoms with Crippen LogP contribution in [0.4, 0.5) is 5.69 Å². The topological polar surface area (TPSA) is 44.8 Å². The molecule has 6 heteroatoms. The molecule has 0 bridgehead atoms. The molecule has 1 N–H and O–H groups in total. The van der Waals surface area contributed by atoms with Crippen molar-refractivity contribution in [3.8, 4) is 5.75 Å². The van der Waals surface area contributed by atoms with Crippen LogP contribution in [0.15, 0.2) is 42.5 Å². The average molecular weight is 388 g/mol. The summed E-state index contributed by atoms with van der Waals surface area (Å²) in [5, 5.41) is 3.74. The summed E-state index contributed by atoms with van der Waals surface area (Å²) >= 11 is 5.94. The molecule has 0 aliphatic carbocycles. The summed E-state index contributed by atoms with van der Waals surface area (Å²) in [5.74, 6) is 0.673. The van der Waals surface area contributed by atoms with Gasteiger partial charge in [-0.2, -0.15) is 0 Å². The van der Waals surface area contributed by atoms with Gasteiger partial charge in [0.05, 0.1) is 19.3 Å². The lowest BCUT2D eigenvalue weighted by atomic mass is 10.2. The fraction of sp³-hybridized carbons (Fsp3) is 0.381. The normalized spacial score (nSPS) is 15.5. The van der Waals surface area contributed by atoms with E-state index in [2.05, 4.69) is 27.2 Å². The first kappa shape index (κ1) is 19.7. The van der Waals surface area contributed by atoms with Crippen LogP contribution < -0.4 is 10.1 Å². The Labute approximate surface area is 165 Å².